The zero-order chi connectivity index (χ0) is 17.1. The van der Waals surface area contributed by atoms with Gasteiger partial charge in [0.1, 0.15) is 0 Å². The molecule has 1 unspecified atom stereocenters. The number of hydrogen-bond acceptors (Lipinski definition) is 5. The van der Waals surface area contributed by atoms with Gasteiger partial charge in [0, 0.05) is 24.0 Å². The molecule has 0 fully saturated rings. The fourth-order valence-electron chi connectivity index (χ4n) is 2.31. The molecule has 0 aliphatic heterocycles. The normalized spacial score (nSPS) is 12.5. The van der Waals surface area contributed by atoms with Crippen molar-refractivity contribution < 1.29 is 4.52 Å². The van der Waals surface area contributed by atoms with Crippen molar-refractivity contribution in [3.05, 3.63) is 64.2 Å². The maximum atomic E-state index is 6.10. The van der Waals surface area contributed by atoms with E-state index >= 15 is 0 Å². The molecular weight excluding hydrogens is 347 g/mol. The largest absolute Gasteiger partial charge is 0.338 e. The number of nitrogens with zero attached hydrogens (tertiary/aromatic N) is 4. The van der Waals surface area contributed by atoms with E-state index in [4.69, 9.17) is 27.7 Å². The smallest absolute Gasteiger partial charge is 0.241 e. The average Bonchev–Trinajstić information content (AvgIpc) is 3.06. The molecule has 0 aliphatic carbocycles. The van der Waals surface area contributed by atoms with Gasteiger partial charge in [0.2, 0.25) is 11.7 Å². The first-order valence-electron chi connectivity index (χ1n) is 7.43. The Labute approximate surface area is 150 Å². The minimum absolute atomic E-state index is 0.119. The van der Waals surface area contributed by atoms with E-state index in [1.54, 1.807) is 18.5 Å². The number of pyridine rings is 1. The van der Waals surface area contributed by atoms with Crippen molar-refractivity contribution in [2.75, 3.05) is 7.05 Å². The van der Waals surface area contributed by atoms with Crippen molar-refractivity contribution in [2.24, 2.45) is 0 Å². The van der Waals surface area contributed by atoms with Gasteiger partial charge < -0.3 is 4.52 Å². The van der Waals surface area contributed by atoms with Crippen LogP contribution in [0.3, 0.4) is 0 Å². The zero-order valence-corrected chi connectivity index (χ0v) is 14.8. The Bertz CT molecular complexity index is 822. The van der Waals surface area contributed by atoms with Gasteiger partial charge in [-0.15, -0.1) is 0 Å². The summed E-state index contributed by atoms with van der Waals surface area (Å²) < 4.78 is 5.34. The molecule has 5 nitrogen and oxygen atoms in total. The molecule has 0 N–H and O–H groups in total. The summed E-state index contributed by atoms with van der Waals surface area (Å²) >= 11 is 12.1. The summed E-state index contributed by atoms with van der Waals surface area (Å²) in [7, 11) is 1.99. The molecule has 0 saturated heterocycles. The van der Waals surface area contributed by atoms with E-state index in [0.717, 1.165) is 11.1 Å². The first-order chi connectivity index (χ1) is 11.5. The molecule has 0 radical (unpaired) electrons. The summed E-state index contributed by atoms with van der Waals surface area (Å²) in [6.45, 7) is 2.60. The number of benzene rings is 1. The first kappa shape index (κ1) is 16.9. The monoisotopic (exact) mass is 362 g/mol. The topological polar surface area (TPSA) is 55.1 Å². The van der Waals surface area contributed by atoms with E-state index in [0.29, 0.717) is 28.3 Å². The third kappa shape index (κ3) is 3.75. The highest BCUT2D eigenvalue weighted by Crippen LogP contribution is 2.28. The number of rotatable bonds is 5. The first-order valence-corrected chi connectivity index (χ1v) is 8.18. The Hall–Kier alpha value is -1.95. The minimum Gasteiger partial charge on any atom is -0.338 e. The van der Waals surface area contributed by atoms with Crippen molar-refractivity contribution in [2.45, 2.75) is 19.5 Å². The van der Waals surface area contributed by atoms with E-state index < -0.39 is 0 Å². The third-order valence-corrected chi connectivity index (χ3v) is 4.60. The van der Waals surface area contributed by atoms with Crippen molar-refractivity contribution >= 4 is 23.2 Å². The Morgan fingerprint density at radius 1 is 1.21 bits per heavy atom. The molecule has 0 bridgehead atoms. The average molecular weight is 363 g/mol. The lowest BCUT2D eigenvalue weighted by atomic mass is 10.1. The van der Waals surface area contributed by atoms with Gasteiger partial charge in [-0.25, -0.2) is 0 Å². The van der Waals surface area contributed by atoms with Crippen LogP contribution in [0, 0.1) is 0 Å². The molecule has 7 heteroatoms. The van der Waals surface area contributed by atoms with Crippen LogP contribution < -0.4 is 0 Å². The van der Waals surface area contributed by atoms with Crippen molar-refractivity contribution in [1.29, 1.82) is 0 Å². The molecule has 0 saturated carbocycles. The second-order valence-electron chi connectivity index (χ2n) is 5.52. The lowest BCUT2D eigenvalue weighted by molar-refractivity contribution is 0.216. The summed E-state index contributed by atoms with van der Waals surface area (Å²) in [5, 5.41) is 5.10. The summed E-state index contributed by atoms with van der Waals surface area (Å²) in [5.74, 6) is 1.08. The molecule has 0 amide bonds. The Morgan fingerprint density at radius 2 is 2.04 bits per heavy atom. The third-order valence-electron chi connectivity index (χ3n) is 3.86. The van der Waals surface area contributed by atoms with Crippen LogP contribution in [-0.4, -0.2) is 27.1 Å². The van der Waals surface area contributed by atoms with E-state index in [9.17, 15) is 0 Å². The van der Waals surface area contributed by atoms with E-state index in [1.807, 2.05) is 31.3 Å². The summed E-state index contributed by atoms with van der Waals surface area (Å²) in [4.78, 5) is 10.6. The quantitative estimate of drug-likeness (QED) is 0.661. The second-order valence-corrected chi connectivity index (χ2v) is 6.33. The molecule has 124 valence electrons. The predicted octanol–water partition coefficient (Wildman–Crippen LogP) is 4.63. The lowest BCUT2D eigenvalue weighted by Gasteiger charge is -2.23. The second kappa shape index (κ2) is 7.30. The van der Waals surface area contributed by atoms with Crippen LogP contribution >= 0.6 is 23.2 Å². The minimum atomic E-state index is 0.119. The maximum absolute atomic E-state index is 6.10. The Kier molecular flexibility index (Phi) is 5.14. The van der Waals surface area contributed by atoms with Gasteiger partial charge in [-0.1, -0.05) is 34.4 Å². The van der Waals surface area contributed by atoms with Crippen LogP contribution in [0.1, 0.15) is 24.4 Å². The van der Waals surface area contributed by atoms with Crippen molar-refractivity contribution in [3.63, 3.8) is 0 Å². The van der Waals surface area contributed by atoms with Crippen LogP contribution in [0.5, 0.6) is 0 Å². The van der Waals surface area contributed by atoms with E-state index in [1.165, 1.54) is 0 Å². The van der Waals surface area contributed by atoms with Gasteiger partial charge in [0.15, 0.2) is 0 Å². The number of hydrogen-bond donors (Lipinski definition) is 0. The highest BCUT2D eigenvalue weighted by molar-refractivity contribution is 6.42. The lowest BCUT2D eigenvalue weighted by Crippen LogP contribution is -2.22. The molecule has 2 heterocycles. The fraction of sp³-hybridized carbons (Fsp3) is 0.235. The SMILES string of the molecule is CC(c1ccc(Cl)c(Cl)c1)N(C)Cc1nc(-c2cccnc2)no1. The summed E-state index contributed by atoms with van der Waals surface area (Å²) in [6, 6.07) is 9.49. The van der Waals surface area contributed by atoms with Gasteiger partial charge in [0.05, 0.1) is 16.6 Å². The van der Waals surface area contributed by atoms with Crippen LogP contribution in [0.4, 0.5) is 0 Å². The highest BCUT2D eigenvalue weighted by atomic mass is 35.5. The highest BCUT2D eigenvalue weighted by Gasteiger charge is 2.17. The van der Waals surface area contributed by atoms with Gasteiger partial charge in [-0.05, 0) is 43.8 Å². The Balaban J connectivity index is 1.71. The number of halogens is 2. The van der Waals surface area contributed by atoms with Crippen molar-refractivity contribution in [1.82, 2.24) is 20.0 Å². The van der Waals surface area contributed by atoms with Gasteiger partial charge in [-0.3, -0.25) is 9.88 Å². The van der Waals surface area contributed by atoms with Gasteiger partial charge in [0.25, 0.3) is 0 Å². The van der Waals surface area contributed by atoms with Crippen molar-refractivity contribution in [3.8, 4) is 11.4 Å². The molecular formula is C17H16Cl2N4O. The fourth-order valence-corrected chi connectivity index (χ4v) is 2.61. The van der Waals surface area contributed by atoms with Crippen LogP contribution in [0.15, 0.2) is 47.2 Å². The molecule has 2 aromatic heterocycles. The van der Waals surface area contributed by atoms with Gasteiger partial charge >= 0.3 is 0 Å². The van der Waals surface area contributed by atoms with Gasteiger partial charge in [-0.2, -0.15) is 4.98 Å². The molecule has 1 aromatic carbocycles. The maximum Gasteiger partial charge on any atom is 0.241 e. The molecule has 1 atom stereocenters. The van der Waals surface area contributed by atoms with Crippen LogP contribution in [0.2, 0.25) is 10.0 Å². The molecule has 0 aliphatic rings. The zero-order valence-electron chi connectivity index (χ0n) is 13.3. The van der Waals surface area contributed by atoms with Crippen LogP contribution in [-0.2, 0) is 6.54 Å². The molecule has 3 rings (SSSR count). The molecule has 0 spiro atoms. The molecule has 24 heavy (non-hydrogen) atoms. The Morgan fingerprint density at radius 3 is 2.75 bits per heavy atom. The summed E-state index contributed by atoms with van der Waals surface area (Å²) in [5.41, 5.74) is 1.89. The predicted molar refractivity (Wildman–Crippen MR) is 93.9 cm³/mol. The summed E-state index contributed by atoms with van der Waals surface area (Å²) in [6.07, 6.45) is 3.41. The van der Waals surface area contributed by atoms with Crippen LogP contribution in [0.25, 0.3) is 11.4 Å². The van der Waals surface area contributed by atoms with E-state index in [2.05, 4.69) is 26.9 Å². The standard InChI is InChI=1S/C17H16Cl2N4O/c1-11(12-5-6-14(18)15(19)8-12)23(2)10-16-21-17(22-24-16)13-4-3-7-20-9-13/h3-9,11H,10H2,1-2H3. The van der Waals surface area contributed by atoms with E-state index in [-0.39, 0.29) is 6.04 Å². The number of aromatic nitrogens is 3. The molecule has 3 aromatic rings.